The van der Waals surface area contributed by atoms with E-state index in [-0.39, 0.29) is 29.6 Å². The molecule has 1 fully saturated rings. The minimum Gasteiger partial charge on any atom is -0.394 e. The molecular formula is C13H17NO4S. The van der Waals surface area contributed by atoms with Crippen molar-refractivity contribution in [3.8, 4) is 0 Å². The normalized spacial score (nSPS) is 16.9. The van der Waals surface area contributed by atoms with Gasteiger partial charge in [0.2, 0.25) is 5.91 Å². The molecule has 2 N–H and O–H groups in total. The number of aliphatic hydroxyl groups is 1. The van der Waals surface area contributed by atoms with Crippen LogP contribution in [0.25, 0.3) is 0 Å². The monoisotopic (exact) mass is 283 g/mol. The molecule has 1 amide bonds. The molecular weight excluding hydrogens is 266 g/mol. The Morgan fingerprint density at radius 3 is 2.42 bits per heavy atom. The first-order chi connectivity index (χ1) is 8.97. The molecule has 1 aromatic carbocycles. The number of aliphatic hydroxyl groups excluding tert-OH is 1. The zero-order valence-corrected chi connectivity index (χ0v) is 11.3. The Labute approximate surface area is 112 Å². The highest BCUT2D eigenvalue weighted by molar-refractivity contribution is 7.91. The maximum atomic E-state index is 12.0. The maximum Gasteiger partial charge on any atom is 0.221 e. The number of sulfone groups is 1. The number of hydrogen-bond donors (Lipinski definition) is 2. The third kappa shape index (κ3) is 3.54. The minimum absolute atomic E-state index is 0.0843. The fourth-order valence-corrected chi connectivity index (χ4v) is 3.07. The van der Waals surface area contributed by atoms with Crippen LogP contribution in [-0.4, -0.2) is 37.3 Å². The summed E-state index contributed by atoms with van der Waals surface area (Å²) in [6.07, 6.45) is 1.42. The largest absolute Gasteiger partial charge is 0.394 e. The highest BCUT2D eigenvalue weighted by atomic mass is 32.2. The molecule has 0 unspecified atom stereocenters. The lowest BCUT2D eigenvalue weighted by molar-refractivity contribution is -0.122. The second-order valence-electron chi connectivity index (χ2n) is 4.87. The Bertz CT molecular complexity index is 549. The number of nitrogens with one attached hydrogen (secondary N) is 1. The summed E-state index contributed by atoms with van der Waals surface area (Å²) in [5.74, 6) is -0.546. The molecule has 0 aromatic heterocycles. The molecule has 0 saturated heterocycles. The van der Waals surface area contributed by atoms with Crippen LogP contribution in [0.5, 0.6) is 0 Å². The van der Waals surface area contributed by atoms with Crippen LogP contribution in [0.3, 0.4) is 0 Å². The van der Waals surface area contributed by atoms with E-state index in [1.54, 1.807) is 18.2 Å². The topological polar surface area (TPSA) is 83.5 Å². The zero-order chi connectivity index (χ0) is 13.9. The molecule has 0 bridgehead atoms. The van der Waals surface area contributed by atoms with Gasteiger partial charge in [0, 0.05) is 6.42 Å². The lowest BCUT2D eigenvalue weighted by atomic mass is 10.3. The van der Waals surface area contributed by atoms with Gasteiger partial charge >= 0.3 is 0 Å². The van der Waals surface area contributed by atoms with E-state index in [1.807, 2.05) is 0 Å². The summed E-state index contributed by atoms with van der Waals surface area (Å²) in [5.41, 5.74) is -0.492. The fraction of sp³-hybridized carbons (Fsp3) is 0.462. The molecule has 0 atom stereocenters. The molecule has 104 valence electrons. The standard InChI is InChI=1S/C13H17NO4S/c15-10-13(7-8-13)14-12(16)6-9-19(17,18)11-4-2-1-3-5-11/h1-5,15H,6-10H2,(H,14,16). The quantitative estimate of drug-likeness (QED) is 0.796. The van der Waals surface area contributed by atoms with Gasteiger partial charge < -0.3 is 10.4 Å². The second kappa shape index (κ2) is 5.30. The Kier molecular flexibility index (Phi) is 3.91. The SMILES string of the molecule is O=C(CCS(=O)(=O)c1ccccc1)NC1(CO)CC1. The molecule has 1 aliphatic rings. The van der Waals surface area contributed by atoms with Crippen molar-refractivity contribution in [3.05, 3.63) is 30.3 Å². The first kappa shape index (κ1) is 14.0. The molecule has 0 spiro atoms. The van der Waals surface area contributed by atoms with E-state index in [0.717, 1.165) is 12.8 Å². The van der Waals surface area contributed by atoms with Crippen molar-refractivity contribution >= 4 is 15.7 Å². The van der Waals surface area contributed by atoms with Gasteiger partial charge in [-0.3, -0.25) is 4.79 Å². The summed E-state index contributed by atoms with van der Waals surface area (Å²) in [6.45, 7) is -0.0931. The van der Waals surface area contributed by atoms with Gasteiger partial charge in [-0.15, -0.1) is 0 Å². The predicted octanol–water partition coefficient (Wildman–Crippen LogP) is 0.492. The highest BCUT2D eigenvalue weighted by Crippen LogP contribution is 2.34. The van der Waals surface area contributed by atoms with Crippen LogP contribution in [0, 0.1) is 0 Å². The molecule has 1 saturated carbocycles. The summed E-state index contributed by atoms with van der Waals surface area (Å²) in [7, 11) is -3.42. The van der Waals surface area contributed by atoms with E-state index < -0.39 is 15.4 Å². The van der Waals surface area contributed by atoms with Crippen LogP contribution in [0.1, 0.15) is 19.3 Å². The Balaban J connectivity index is 1.90. The fourth-order valence-electron chi connectivity index (χ4n) is 1.80. The molecule has 1 aromatic rings. The van der Waals surface area contributed by atoms with Crippen LogP contribution in [0.4, 0.5) is 0 Å². The summed E-state index contributed by atoms with van der Waals surface area (Å²) in [5, 5.41) is 11.8. The lowest BCUT2D eigenvalue weighted by Crippen LogP contribution is -2.40. The highest BCUT2D eigenvalue weighted by Gasteiger charge is 2.43. The van der Waals surface area contributed by atoms with Crippen molar-refractivity contribution in [2.75, 3.05) is 12.4 Å². The van der Waals surface area contributed by atoms with Crippen LogP contribution >= 0.6 is 0 Å². The molecule has 2 rings (SSSR count). The third-order valence-electron chi connectivity index (χ3n) is 3.26. The molecule has 0 aliphatic heterocycles. The molecule has 0 heterocycles. The van der Waals surface area contributed by atoms with E-state index >= 15 is 0 Å². The number of hydrogen-bond acceptors (Lipinski definition) is 4. The first-order valence-electron chi connectivity index (χ1n) is 6.17. The van der Waals surface area contributed by atoms with Gasteiger partial charge in [-0.1, -0.05) is 18.2 Å². The smallest absolute Gasteiger partial charge is 0.221 e. The minimum atomic E-state index is -3.42. The van der Waals surface area contributed by atoms with Crippen molar-refractivity contribution in [1.29, 1.82) is 0 Å². The van der Waals surface area contributed by atoms with E-state index in [4.69, 9.17) is 5.11 Å². The van der Waals surface area contributed by atoms with Gasteiger partial charge in [-0.25, -0.2) is 8.42 Å². The maximum absolute atomic E-state index is 12.0. The van der Waals surface area contributed by atoms with Gasteiger partial charge in [-0.2, -0.15) is 0 Å². The van der Waals surface area contributed by atoms with Crippen molar-refractivity contribution < 1.29 is 18.3 Å². The van der Waals surface area contributed by atoms with Crippen molar-refractivity contribution in [2.24, 2.45) is 0 Å². The summed E-state index contributed by atoms with van der Waals surface area (Å²) < 4.78 is 23.9. The number of carbonyl (C=O) groups excluding carboxylic acids is 1. The van der Waals surface area contributed by atoms with Crippen molar-refractivity contribution in [1.82, 2.24) is 5.32 Å². The van der Waals surface area contributed by atoms with E-state index in [2.05, 4.69) is 5.32 Å². The average Bonchev–Trinajstić information content (AvgIpc) is 3.18. The Morgan fingerprint density at radius 1 is 1.26 bits per heavy atom. The molecule has 5 nitrogen and oxygen atoms in total. The summed E-state index contributed by atoms with van der Waals surface area (Å²) in [6, 6.07) is 8.08. The van der Waals surface area contributed by atoms with E-state index in [9.17, 15) is 13.2 Å². The number of benzene rings is 1. The third-order valence-corrected chi connectivity index (χ3v) is 4.99. The second-order valence-corrected chi connectivity index (χ2v) is 6.98. The first-order valence-corrected chi connectivity index (χ1v) is 7.82. The predicted molar refractivity (Wildman–Crippen MR) is 70.3 cm³/mol. The van der Waals surface area contributed by atoms with Gasteiger partial charge in [0.15, 0.2) is 9.84 Å². The Hall–Kier alpha value is -1.40. The average molecular weight is 283 g/mol. The number of rotatable bonds is 6. The van der Waals surface area contributed by atoms with Gasteiger partial charge in [0.1, 0.15) is 0 Å². The van der Waals surface area contributed by atoms with Crippen molar-refractivity contribution in [2.45, 2.75) is 29.7 Å². The lowest BCUT2D eigenvalue weighted by Gasteiger charge is -2.14. The summed E-state index contributed by atoms with van der Waals surface area (Å²) >= 11 is 0. The van der Waals surface area contributed by atoms with Gasteiger partial charge in [-0.05, 0) is 25.0 Å². The van der Waals surface area contributed by atoms with Crippen LogP contribution in [0.2, 0.25) is 0 Å². The van der Waals surface area contributed by atoms with Crippen LogP contribution in [0.15, 0.2) is 35.2 Å². The van der Waals surface area contributed by atoms with Crippen LogP contribution < -0.4 is 5.32 Å². The zero-order valence-electron chi connectivity index (χ0n) is 10.5. The van der Waals surface area contributed by atoms with Crippen molar-refractivity contribution in [3.63, 3.8) is 0 Å². The number of carbonyl (C=O) groups is 1. The van der Waals surface area contributed by atoms with Gasteiger partial charge in [0.05, 0.1) is 22.8 Å². The van der Waals surface area contributed by atoms with Crippen LogP contribution in [-0.2, 0) is 14.6 Å². The molecule has 1 aliphatic carbocycles. The molecule has 19 heavy (non-hydrogen) atoms. The number of amides is 1. The summed E-state index contributed by atoms with van der Waals surface area (Å²) in [4.78, 5) is 11.9. The van der Waals surface area contributed by atoms with E-state index in [0.29, 0.717) is 0 Å². The molecule has 6 heteroatoms. The van der Waals surface area contributed by atoms with Gasteiger partial charge in [0.25, 0.3) is 0 Å². The van der Waals surface area contributed by atoms with E-state index in [1.165, 1.54) is 12.1 Å². The molecule has 0 radical (unpaired) electrons. The Morgan fingerprint density at radius 2 is 1.89 bits per heavy atom.